The quantitative estimate of drug-likeness (QED) is 0.812. The normalized spacial score (nSPS) is 28.1. The molecule has 0 saturated carbocycles. The van der Waals surface area contributed by atoms with Crippen LogP contribution in [0.4, 0.5) is 10.1 Å². The van der Waals surface area contributed by atoms with Crippen LogP contribution in [0.15, 0.2) is 18.2 Å². The highest BCUT2D eigenvalue weighted by molar-refractivity contribution is 5.47. The Hall–Kier alpha value is -1.29. The fraction of sp³-hybridized carbons (Fsp3) is 0.571. The van der Waals surface area contributed by atoms with E-state index in [1.807, 2.05) is 0 Å². The summed E-state index contributed by atoms with van der Waals surface area (Å²) in [4.78, 5) is 0. The van der Waals surface area contributed by atoms with Crippen molar-refractivity contribution in [3.63, 3.8) is 0 Å². The van der Waals surface area contributed by atoms with Gasteiger partial charge in [-0.2, -0.15) is 0 Å². The molecule has 4 heteroatoms. The van der Waals surface area contributed by atoms with Crippen LogP contribution in [0.3, 0.4) is 0 Å². The van der Waals surface area contributed by atoms with Crippen LogP contribution in [0.5, 0.6) is 5.75 Å². The Labute approximate surface area is 107 Å². The summed E-state index contributed by atoms with van der Waals surface area (Å²) < 4.78 is 19.0. The van der Waals surface area contributed by atoms with Gasteiger partial charge in [-0.1, -0.05) is 6.92 Å². The average molecular weight is 253 g/mol. The standard InChI is InChI=1S/C14H20FNO2/c1-3-14(2)9-11(6-7-18-14)16-10-4-5-13(17)12(15)8-10/h4-5,8,11,16-17H,3,6-7,9H2,1-2H3. The molecule has 1 aliphatic rings. The minimum absolute atomic E-state index is 0.0919. The number of anilines is 1. The Kier molecular flexibility index (Phi) is 3.76. The van der Waals surface area contributed by atoms with Crippen LogP contribution >= 0.6 is 0 Å². The fourth-order valence-electron chi connectivity index (χ4n) is 2.33. The Morgan fingerprint density at radius 2 is 2.33 bits per heavy atom. The second kappa shape index (κ2) is 5.14. The van der Waals surface area contributed by atoms with Crippen LogP contribution in [-0.4, -0.2) is 23.4 Å². The molecule has 2 rings (SSSR count). The van der Waals surface area contributed by atoms with E-state index in [-0.39, 0.29) is 17.4 Å². The number of ether oxygens (including phenoxy) is 1. The van der Waals surface area contributed by atoms with Crippen LogP contribution in [0, 0.1) is 5.82 Å². The smallest absolute Gasteiger partial charge is 0.166 e. The number of aromatic hydroxyl groups is 1. The van der Waals surface area contributed by atoms with Gasteiger partial charge in [-0.3, -0.25) is 0 Å². The van der Waals surface area contributed by atoms with Gasteiger partial charge < -0.3 is 15.2 Å². The molecule has 0 amide bonds. The topological polar surface area (TPSA) is 41.5 Å². The maximum absolute atomic E-state index is 13.2. The van der Waals surface area contributed by atoms with E-state index in [2.05, 4.69) is 19.2 Å². The fourth-order valence-corrected chi connectivity index (χ4v) is 2.33. The lowest BCUT2D eigenvalue weighted by Gasteiger charge is -2.38. The number of halogens is 1. The van der Waals surface area contributed by atoms with E-state index in [4.69, 9.17) is 9.84 Å². The van der Waals surface area contributed by atoms with Gasteiger partial charge in [0.2, 0.25) is 0 Å². The number of phenols is 1. The summed E-state index contributed by atoms with van der Waals surface area (Å²) in [6, 6.07) is 4.67. The molecule has 1 aromatic carbocycles. The van der Waals surface area contributed by atoms with Crippen LogP contribution < -0.4 is 5.32 Å². The number of nitrogens with one attached hydrogen (secondary N) is 1. The van der Waals surface area contributed by atoms with Gasteiger partial charge in [-0.15, -0.1) is 0 Å². The van der Waals surface area contributed by atoms with E-state index in [0.29, 0.717) is 5.69 Å². The average Bonchev–Trinajstić information content (AvgIpc) is 2.34. The highest BCUT2D eigenvalue weighted by atomic mass is 19.1. The molecule has 1 heterocycles. The van der Waals surface area contributed by atoms with E-state index in [9.17, 15) is 4.39 Å². The van der Waals surface area contributed by atoms with Crippen molar-refractivity contribution in [2.45, 2.75) is 44.8 Å². The molecule has 0 aromatic heterocycles. The van der Waals surface area contributed by atoms with Crippen LogP contribution in [0.25, 0.3) is 0 Å². The third-order valence-corrected chi connectivity index (χ3v) is 3.66. The van der Waals surface area contributed by atoms with Crippen molar-refractivity contribution in [3.8, 4) is 5.75 Å². The molecule has 1 fully saturated rings. The van der Waals surface area contributed by atoms with Gasteiger partial charge in [0, 0.05) is 24.4 Å². The molecular weight excluding hydrogens is 233 g/mol. The van der Waals surface area contributed by atoms with Crippen molar-refractivity contribution < 1.29 is 14.2 Å². The van der Waals surface area contributed by atoms with Crippen molar-refractivity contribution in [1.82, 2.24) is 0 Å². The second-order valence-corrected chi connectivity index (χ2v) is 5.15. The van der Waals surface area contributed by atoms with Crippen molar-refractivity contribution in [2.24, 2.45) is 0 Å². The van der Waals surface area contributed by atoms with Gasteiger partial charge >= 0.3 is 0 Å². The number of rotatable bonds is 3. The number of hydrogen-bond acceptors (Lipinski definition) is 3. The third-order valence-electron chi connectivity index (χ3n) is 3.66. The lowest BCUT2D eigenvalue weighted by atomic mass is 9.90. The lowest BCUT2D eigenvalue weighted by Crippen LogP contribution is -2.41. The maximum Gasteiger partial charge on any atom is 0.166 e. The first-order valence-electron chi connectivity index (χ1n) is 6.41. The maximum atomic E-state index is 13.2. The van der Waals surface area contributed by atoms with Crippen molar-refractivity contribution in [3.05, 3.63) is 24.0 Å². The zero-order valence-electron chi connectivity index (χ0n) is 10.9. The molecule has 2 unspecified atom stereocenters. The number of phenolic OH excluding ortho intramolecular Hbond substituents is 1. The molecule has 1 aliphatic heterocycles. The van der Waals surface area contributed by atoms with Crippen LogP contribution in [0.1, 0.15) is 33.1 Å². The van der Waals surface area contributed by atoms with E-state index in [1.54, 1.807) is 6.07 Å². The van der Waals surface area contributed by atoms with Gasteiger partial charge in [0.15, 0.2) is 11.6 Å². The Morgan fingerprint density at radius 3 is 3.00 bits per heavy atom. The van der Waals surface area contributed by atoms with Crippen molar-refractivity contribution in [2.75, 3.05) is 11.9 Å². The Bertz CT molecular complexity index is 424. The van der Waals surface area contributed by atoms with Gasteiger partial charge in [-0.05, 0) is 38.3 Å². The van der Waals surface area contributed by atoms with E-state index < -0.39 is 5.82 Å². The molecule has 0 spiro atoms. The minimum atomic E-state index is -0.592. The molecule has 100 valence electrons. The molecule has 1 saturated heterocycles. The Morgan fingerprint density at radius 1 is 1.56 bits per heavy atom. The molecule has 0 radical (unpaired) electrons. The molecular formula is C14H20FNO2. The van der Waals surface area contributed by atoms with Gasteiger partial charge in [0.25, 0.3) is 0 Å². The largest absolute Gasteiger partial charge is 0.505 e. The summed E-state index contributed by atoms with van der Waals surface area (Å²) in [6.45, 7) is 4.95. The molecule has 3 nitrogen and oxygen atoms in total. The first kappa shape index (κ1) is 13.1. The van der Waals surface area contributed by atoms with E-state index in [1.165, 1.54) is 12.1 Å². The van der Waals surface area contributed by atoms with Gasteiger partial charge in [-0.25, -0.2) is 4.39 Å². The summed E-state index contributed by atoms with van der Waals surface area (Å²) in [6.07, 6.45) is 2.79. The highest BCUT2D eigenvalue weighted by Gasteiger charge is 2.31. The van der Waals surface area contributed by atoms with E-state index in [0.717, 1.165) is 25.9 Å². The molecule has 0 aliphatic carbocycles. The Balaban J connectivity index is 2.02. The first-order chi connectivity index (χ1) is 8.52. The van der Waals surface area contributed by atoms with Crippen molar-refractivity contribution >= 4 is 5.69 Å². The first-order valence-corrected chi connectivity index (χ1v) is 6.41. The third kappa shape index (κ3) is 2.93. The van der Waals surface area contributed by atoms with Gasteiger partial charge in [0.1, 0.15) is 0 Å². The van der Waals surface area contributed by atoms with Gasteiger partial charge in [0.05, 0.1) is 5.60 Å². The zero-order valence-corrected chi connectivity index (χ0v) is 10.9. The zero-order chi connectivity index (χ0) is 13.2. The highest BCUT2D eigenvalue weighted by Crippen LogP contribution is 2.30. The monoisotopic (exact) mass is 253 g/mol. The molecule has 2 N–H and O–H groups in total. The molecule has 1 aromatic rings. The number of hydrogen-bond donors (Lipinski definition) is 2. The minimum Gasteiger partial charge on any atom is -0.505 e. The van der Waals surface area contributed by atoms with E-state index >= 15 is 0 Å². The summed E-state index contributed by atoms with van der Waals surface area (Å²) in [5.41, 5.74) is 0.612. The lowest BCUT2D eigenvalue weighted by molar-refractivity contribution is -0.0708. The molecule has 18 heavy (non-hydrogen) atoms. The summed E-state index contributed by atoms with van der Waals surface area (Å²) in [5.74, 6) is -0.906. The predicted molar refractivity (Wildman–Crippen MR) is 69.4 cm³/mol. The summed E-state index contributed by atoms with van der Waals surface area (Å²) >= 11 is 0. The number of benzene rings is 1. The molecule has 2 atom stereocenters. The summed E-state index contributed by atoms with van der Waals surface area (Å²) in [5, 5.41) is 12.5. The van der Waals surface area contributed by atoms with Crippen molar-refractivity contribution in [1.29, 1.82) is 0 Å². The van der Waals surface area contributed by atoms with Crippen LogP contribution in [0.2, 0.25) is 0 Å². The summed E-state index contributed by atoms with van der Waals surface area (Å²) in [7, 11) is 0. The predicted octanol–water partition coefficient (Wildman–Crippen LogP) is 3.29. The van der Waals surface area contributed by atoms with Crippen LogP contribution in [-0.2, 0) is 4.74 Å². The second-order valence-electron chi connectivity index (χ2n) is 5.15. The SMILES string of the molecule is CCC1(C)CC(Nc2ccc(O)c(F)c2)CCO1. The molecule has 0 bridgehead atoms.